The van der Waals surface area contributed by atoms with Gasteiger partial charge < -0.3 is 9.13 Å². The Balaban J connectivity index is 0.000000759. The van der Waals surface area contributed by atoms with Gasteiger partial charge in [0.05, 0.1) is 16.6 Å². The summed E-state index contributed by atoms with van der Waals surface area (Å²) in [5.41, 5.74) is 11.4. The number of benzene rings is 5. The Morgan fingerprint density at radius 3 is 1.67 bits per heavy atom. The third kappa shape index (κ3) is 4.54. The summed E-state index contributed by atoms with van der Waals surface area (Å²) >= 11 is 0. The van der Waals surface area contributed by atoms with Crippen molar-refractivity contribution in [2.75, 3.05) is 0 Å². The van der Waals surface area contributed by atoms with Gasteiger partial charge >= 0.3 is 0 Å². The third-order valence-electron chi connectivity index (χ3n) is 7.98. The highest BCUT2D eigenvalue weighted by Crippen LogP contribution is 2.38. The van der Waals surface area contributed by atoms with Crippen molar-refractivity contribution in [1.29, 1.82) is 0 Å². The number of allylic oxidation sites excluding steroid dienone is 1. The fourth-order valence-electron chi connectivity index (χ4n) is 6.28. The second-order valence-corrected chi connectivity index (χ2v) is 10.1. The van der Waals surface area contributed by atoms with Crippen LogP contribution in [0.4, 0.5) is 0 Å². The van der Waals surface area contributed by atoms with Gasteiger partial charge in [0, 0.05) is 33.2 Å². The minimum atomic E-state index is 1.08. The van der Waals surface area contributed by atoms with E-state index in [1.165, 1.54) is 66.5 Å². The van der Waals surface area contributed by atoms with Crippen LogP contribution in [0.3, 0.4) is 0 Å². The molecule has 0 amide bonds. The van der Waals surface area contributed by atoms with E-state index in [0.717, 1.165) is 12.8 Å². The molecule has 0 aliphatic heterocycles. The van der Waals surface area contributed by atoms with Crippen LogP contribution in [-0.4, -0.2) is 9.13 Å². The molecule has 8 rings (SSSR count). The summed E-state index contributed by atoms with van der Waals surface area (Å²) in [6.07, 6.45) is 6.78. The molecule has 0 spiro atoms. The van der Waals surface area contributed by atoms with Crippen molar-refractivity contribution in [3.63, 3.8) is 0 Å². The predicted molar refractivity (Wildman–Crippen MR) is 183 cm³/mol. The van der Waals surface area contributed by atoms with Crippen LogP contribution in [0.25, 0.3) is 61.3 Å². The fourth-order valence-corrected chi connectivity index (χ4v) is 6.28. The number of fused-ring (bicyclic) bond motifs is 6. The lowest BCUT2D eigenvalue weighted by Gasteiger charge is -2.11. The Morgan fingerprint density at radius 1 is 0.476 bits per heavy atom. The Morgan fingerprint density at radius 2 is 1.00 bits per heavy atom. The number of aromatic nitrogens is 2. The third-order valence-corrected chi connectivity index (χ3v) is 7.98. The summed E-state index contributed by atoms with van der Waals surface area (Å²) in [6.45, 7) is 8.00. The molecule has 2 heterocycles. The molecule has 0 saturated heterocycles. The van der Waals surface area contributed by atoms with Crippen LogP contribution in [0.2, 0.25) is 0 Å². The first kappa shape index (κ1) is 27.4. The van der Waals surface area contributed by atoms with E-state index in [1.807, 2.05) is 27.7 Å². The SMILES string of the molecule is C1=Cc2c(c3cc(-c4ccc5c(c4)c4ccccc4n5-c4ccccc4)ccc3n2-c2ccccc2)CC1.CC.CC. The number of aryl methyl sites for hydroxylation is 1. The number of hydrogen-bond acceptors (Lipinski definition) is 0. The van der Waals surface area contributed by atoms with Crippen molar-refractivity contribution in [2.24, 2.45) is 0 Å². The van der Waals surface area contributed by atoms with E-state index in [-0.39, 0.29) is 0 Å². The molecule has 7 aromatic rings. The standard InChI is InChI=1S/C36H26N2.2C2H6/c1-3-11-27(12-4-1)37-33-17-9-7-15-29(33)31-23-25(19-21-35(31)37)26-20-22-36-32(24-26)30-16-8-10-18-34(30)38(36)28-13-5-2-6-14-28;2*1-2/h1-7,9-15,17-24H,8,16H2;2*1-2H3. The van der Waals surface area contributed by atoms with Gasteiger partial charge in [-0.25, -0.2) is 0 Å². The van der Waals surface area contributed by atoms with Gasteiger partial charge in [-0.2, -0.15) is 0 Å². The number of nitrogens with zero attached hydrogens (tertiary/aromatic N) is 2. The molecule has 0 bridgehead atoms. The highest BCUT2D eigenvalue weighted by molar-refractivity contribution is 6.10. The van der Waals surface area contributed by atoms with Gasteiger partial charge in [0.2, 0.25) is 0 Å². The predicted octanol–water partition coefficient (Wildman–Crippen LogP) is 11.4. The van der Waals surface area contributed by atoms with Crippen LogP contribution in [0, 0.1) is 0 Å². The molecule has 42 heavy (non-hydrogen) atoms. The van der Waals surface area contributed by atoms with E-state index in [4.69, 9.17) is 0 Å². The molecule has 208 valence electrons. The largest absolute Gasteiger partial charge is 0.310 e. The minimum Gasteiger partial charge on any atom is -0.310 e. The highest BCUT2D eigenvalue weighted by Gasteiger charge is 2.19. The average molecular weight is 547 g/mol. The maximum Gasteiger partial charge on any atom is 0.0541 e. The second-order valence-electron chi connectivity index (χ2n) is 10.1. The van der Waals surface area contributed by atoms with Gasteiger partial charge in [0.15, 0.2) is 0 Å². The summed E-state index contributed by atoms with van der Waals surface area (Å²) in [4.78, 5) is 0. The average Bonchev–Trinajstić information content (AvgIpc) is 3.59. The minimum absolute atomic E-state index is 1.08. The van der Waals surface area contributed by atoms with Crippen molar-refractivity contribution in [3.05, 3.63) is 139 Å². The Hall–Kier alpha value is -4.82. The molecule has 0 atom stereocenters. The van der Waals surface area contributed by atoms with Gasteiger partial charge in [0.1, 0.15) is 0 Å². The van der Waals surface area contributed by atoms with E-state index >= 15 is 0 Å². The zero-order valence-electron chi connectivity index (χ0n) is 25.0. The molecule has 0 N–H and O–H groups in total. The van der Waals surface area contributed by atoms with E-state index < -0.39 is 0 Å². The number of hydrogen-bond donors (Lipinski definition) is 0. The molecular weight excluding hydrogens is 508 g/mol. The van der Waals surface area contributed by atoms with Gasteiger partial charge in [-0.05, 0) is 90.2 Å². The molecule has 0 fully saturated rings. The van der Waals surface area contributed by atoms with Gasteiger partial charge in [-0.1, -0.05) is 101 Å². The first-order chi connectivity index (χ1) is 20.9. The molecule has 2 heteroatoms. The van der Waals surface area contributed by atoms with Crippen LogP contribution < -0.4 is 0 Å². The fraction of sp³-hybridized carbons (Fsp3) is 0.150. The lowest BCUT2D eigenvalue weighted by atomic mass is 9.97. The molecule has 0 saturated carbocycles. The summed E-state index contributed by atoms with van der Waals surface area (Å²) in [5.74, 6) is 0. The zero-order valence-corrected chi connectivity index (χ0v) is 25.0. The van der Waals surface area contributed by atoms with Crippen LogP contribution in [0.1, 0.15) is 45.4 Å². The molecule has 5 aromatic carbocycles. The lowest BCUT2D eigenvalue weighted by Crippen LogP contribution is -1.99. The Bertz CT molecular complexity index is 2000. The van der Waals surface area contributed by atoms with Crippen molar-refractivity contribution in [3.8, 4) is 22.5 Å². The summed E-state index contributed by atoms with van der Waals surface area (Å²) < 4.78 is 4.79. The summed E-state index contributed by atoms with van der Waals surface area (Å²) in [5, 5.41) is 3.93. The second kappa shape index (κ2) is 12.0. The normalized spacial score (nSPS) is 12.0. The van der Waals surface area contributed by atoms with E-state index in [2.05, 4.69) is 143 Å². The highest BCUT2D eigenvalue weighted by atomic mass is 15.0. The van der Waals surface area contributed by atoms with Crippen LogP contribution in [0.5, 0.6) is 0 Å². The molecule has 2 nitrogen and oxygen atoms in total. The molecule has 1 aliphatic carbocycles. The molecule has 2 aromatic heterocycles. The molecular formula is C40H38N2. The van der Waals surface area contributed by atoms with Crippen molar-refractivity contribution >= 4 is 38.8 Å². The zero-order chi connectivity index (χ0) is 29.1. The van der Waals surface area contributed by atoms with Crippen LogP contribution >= 0.6 is 0 Å². The van der Waals surface area contributed by atoms with Crippen LogP contribution in [-0.2, 0) is 6.42 Å². The topological polar surface area (TPSA) is 9.86 Å². The van der Waals surface area contributed by atoms with E-state index in [9.17, 15) is 0 Å². The van der Waals surface area contributed by atoms with Gasteiger partial charge in [-0.15, -0.1) is 0 Å². The van der Waals surface area contributed by atoms with Crippen molar-refractivity contribution in [2.45, 2.75) is 40.5 Å². The van der Waals surface area contributed by atoms with E-state index in [1.54, 1.807) is 0 Å². The maximum absolute atomic E-state index is 2.42. The summed E-state index contributed by atoms with van der Waals surface area (Å²) in [7, 11) is 0. The first-order valence-electron chi connectivity index (χ1n) is 15.4. The quantitative estimate of drug-likeness (QED) is 0.209. The molecule has 1 aliphatic rings. The monoisotopic (exact) mass is 546 g/mol. The summed E-state index contributed by atoms with van der Waals surface area (Å²) in [6, 6.07) is 44.1. The Kier molecular flexibility index (Phi) is 7.79. The van der Waals surface area contributed by atoms with Crippen molar-refractivity contribution in [1.82, 2.24) is 9.13 Å². The molecule has 0 unspecified atom stereocenters. The number of rotatable bonds is 3. The van der Waals surface area contributed by atoms with Gasteiger partial charge in [-0.3, -0.25) is 0 Å². The van der Waals surface area contributed by atoms with Crippen molar-refractivity contribution < 1.29 is 0 Å². The lowest BCUT2D eigenvalue weighted by molar-refractivity contribution is 0.967. The van der Waals surface area contributed by atoms with Crippen LogP contribution in [0.15, 0.2) is 127 Å². The maximum atomic E-state index is 2.42. The van der Waals surface area contributed by atoms with Gasteiger partial charge in [0.25, 0.3) is 0 Å². The molecule has 0 radical (unpaired) electrons. The van der Waals surface area contributed by atoms with E-state index in [0.29, 0.717) is 0 Å². The first-order valence-corrected chi connectivity index (χ1v) is 15.4. The Labute approximate surface area is 249 Å². The number of para-hydroxylation sites is 3. The smallest absolute Gasteiger partial charge is 0.0541 e.